The third-order valence-electron chi connectivity index (χ3n) is 3.02. The van der Waals surface area contributed by atoms with E-state index in [1.165, 1.54) is 7.11 Å². The van der Waals surface area contributed by atoms with Gasteiger partial charge in [-0.15, -0.1) is 11.8 Å². The van der Waals surface area contributed by atoms with Gasteiger partial charge in [-0.2, -0.15) is 0 Å². The summed E-state index contributed by atoms with van der Waals surface area (Å²) in [6.07, 6.45) is 0. The maximum Gasteiger partial charge on any atom is 0.169 e. The number of nitrogens with two attached hydrogens (primary N) is 1. The lowest BCUT2D eigenvalue weighted by atomic mass is 10.1. The highest BCUT2D eigenvalue weighted by molar-refractivity contribution is 9.10. The fourth-order valence-electron chi connectivity index (χ4n) is 1.89. The Balaban J connectivity index is 2.11. The lowest BCUT2D eigenvalue weighted by Crippen LogP contribution is -2.30. The van der Waals surface area contributed by atoms with Crippen molar-refractivity contribution in [1.82, 2.24) is 5.43 Å². The van der Waals surface area contributed by atoms with E-state index in [1.807, 2.05) is 24.3 Å². The smallest absolute Gasteiger partial charge is 0.169 e. The number of benzene rings is 2. The maximum absolute atomic E-state index is 14.3. The minimum Gasteiger partial charge on any atom is -0.494 e. The highest BCUT2D eigenvalue weighted by Gasteiger charge is 2.17. The van der Waals surface area contributed by atoms with Crippen molar-refractivity contribution in [1.29, 1.82) is 0 Å². The summed E-state index contributed by atoms with van der Waals surface area (Å²) < 4.78 is 20.3. The Morgan fingerprint density at radius 1 is 1.29 bits per heavy atom. The van der Waals surface area contributed by atoms with Crippen LogP contribution in [0.4, 0.5) is 4.39 Å². The van der Waals surface area contributed by atoms with Crippen molar-refractivity contribution in [2.75, 3.05) is 12.9 Å². The summed E-state index contributed by atoms with van der Waals surface area (Å²) in [5, 5.41) is 0. The molecule has 2 aromatic carbocycles. The zero-order chi connectivity index (χ0) is 15.2. The average molecular weight is 371 g/mol. The van der Waals surface area contributed by atoms with E-state index >= 15 is 0 Å². The highest BCUT2D eigenvalue weighted by atomic mass is 79.9. The molecule has 0 saturated heterocycles. The Labute approximate surface area is 136 Å². The van der Waals surface area contributed by atoms with E-state index in [0.717, 1.165) is 9.37 Å². The molecule has 21 heavy (non-hydrogen) atoms. The predicted octanol–water partition coefficient (Wildman–Crippen LogP) is 3.89. The van der Waals surface area contributed by atoms with Crippen LogP contribution in [0.25, 0.3) is 0 Å². The summed E-state index contributed by atoms with van der Waals surface area (Å²) in [7, 11) is 1.45. The van der Waals surface area contributed by atoms with Crippen LogP contribution in [0.1, 0.15) is 11.6 Å². The van der Waals surface area contributed by atoms with Gasteiger partial charge in [-0.25, -0.2) is 4.39 Å². The minimum atomic E-state index is -0.376. The Bertz CT molecular complexity index is 595. The van der Waals surface area contributed by atoms with E-state index in [1.54, 1.807) is 30.0 Å². The van der Waals surface area contributed by atoms with Crippen LogP contribution in [0.3, 0.4) is 0 Å². The zero-order valence-electron chi connectivity index (χ0n) is 11.5. The summed E-state index contributed by atoms with van der Waals surface area (Å²) in [6.45, 7) is 0. The van der Waals surface area contributed by atoms with Crippen LogP contribution < -0.4 is 16.0 Å². The maximum atomic E-state index is 14.3. The van der Waals surface area contributed by atoms with Gasteiger partial charge in [0.05, 0.1) is 13.2 Å². The summed E-state index contributed by atoms with van der Waals surface area (Å²) >= 11 is 5.00. The first-order valence-corrected chi connectivity index (χ1v) is 8.10. The van der Waals surface area contributed by atoms with Crippen LogP contribution in [-0.4, -0.2) is 12.9 Å². The molecule has 0 fully saturated rings. The van der Waals surface area contributed by atoms with Gasteiger partial charge in [0.25, 0.3) is 0 Å². The second kappa shape index (κ2) is 7.79. The topological polar surface area (TPSA) is 47.3 Å². The van der Waals surface area contributed by atoms with Crippen molar-refractivity contribution < 1.29 is 9.13 Å². The molecule has 0 heterocycles. The third kappa shape index (κ3) is 4.20. The van der Waals surface area contributed by atoms with E-state index in [9.17, 15) is 4.39 Å². The summed E-state index contributed by atoms with van der Waals surface area (Å²) in [5.41, 5.74) is 3.17. The number of hydrogen-bond acceptors (Lipinski definition) is 4. The molecule has 112 valence electrons. The number of rotatable bonds is 6. The molecule has 2 aromatic rings. The quantitative estimate of drug-likeness (QED) is 0.460. The lowest BCUT2D eigenvalue weighted by Gasteiger charge is -2.17. The third-order valence-corrected chi connectivity index (χ3v) is 4.65. The van der Waals surface area contributed by atoms with Crippen LogP contribution in [0.5, 0.6) is 5.75 Å². The SMILES string of the molecule is COc1cccc(C(CSc2ccc(Br)cc2)NN)c1F. The zero-order valence-corrected chi connectivity index (χ0v) is 13.9. The second-order valence-corrected chi connectivity index (χ2v) is 6.36. The van der Waals surface area contributed by atoms with Crippen LogP contribution in [0, 0.1) is 5.82 Å². The van der Waals surface area contributed by atoms with Gasteiger partial charge < -0.3 is 4.74 Å². The Hall–Kier alpha value is -1.08. The summed E-state index contributed by atoms with van der Waals surface area (Å²) in [4.78, 5) is 1.10. The number of hydrogen-bond donors (Lipinski definition) is 2. The van der Waals surface area contributed by atoms with Gasteiger partial charge in [0.15, 0.2) is 11.6 Å². The van der Waals surface area contributed by atoms with Crippen molar-refractivity contribution in [3.8, 4) is 5.75 Å². The first-order chi connectivity index (χ1) is 10.2. The number of ether oxygens (including phenoxy) is 1. The van der Waals surface area contributed by atoms with Gasteiger partial charge in [0, 0.05) is 20.7 Å². The normalized spacial score (nSPS) is 12.2. The standard InChI is InChI=1S/C15H16BrFN2OS/c1-20-14-4-2-3-12(15(14)17)13(19-18)9-21-11-7-5-10(16)6-8-11/h2-8,13,19H,9,18H2,1H3. The van der Waals surface area contributed by atoms with Gasteiger partial charge in [0.2, 0.25) is 0 Å². The van der Waals surface area contributed by atoms with E-state index in [-0.39, 0.29) is 17.6 Å². The molecule has 3 N–H and O–H groups in total. The first kappa shape index (κ1) is 16.3. The van der Waals surface area contributed by atoms with E-state index in [4.69, 9.17) is 10.6 Å². The average Bonchev–Trinajstić information content (AvgIpc) is 2.51. The molecule has 0 saturated carbocycles. The van der Waals surface area contributed by atoms with Gasteiger partial charge in [-0.1, -0.05) is 28.1 Å². The molecular weight excluding hydrogens is 355 g/mol. The number of hydrazine groups is 1. The van der Waals surface area contributed by atoms with Gasteiger partial charge >= 0.3 is 0 Å². The number of thioether (sulfide) groups is 1. The Kier molecular flexibility index (Phi) is 6.05. The van der Waals surface area contributed by atoms with Crippen molar-refractivity contribution in [3.63, 3.8) is 0 Å². The van der Waals surface area contributed by atoms with Crippen LogP contribution in [0.15, 0.2) is 51.8 Å². The molecule has 0 bridgehead atoms. The molecule has 3 nitrogen and oxygen atoms in total. The fourth-order valence-corrected chi connectivity index (χ4v) is 3.12. The van der Waals surface area contributed by atoms with Crippen molar-refractivity contribution >= 4 is 27.7 Å². The van der Waals surface area contributed by atoms with Gasteiger partial charge in [-0.05, 0) is 30.3 Å². The monoisotopic (exact) mass is 370 g/mol. The molecular formula is C15H16BrFN2OS. The lowest BCUT2D eigenvalue weighted by molar-refractivity contribution is 0.381. The summed E-state index contributed by atoms with van der Waals surface area (Å²) in [5.74, 6) is 6.04. The molecule has 0 aromatic heterocycles. The molecule has 0 amide bonds. The largest absolute Gasteiger partial charge is 0.494 e. The molecule has 1 atom stereocenters. The number of halogens is 2. The van der Waals surface area contributed by atoms with Gasteiger partial charge in [-0.3, -0.25) is 11.3 Å². The van der Waals surface area contributed by atoms with Crippen LogP contribution in [-0.2, 0) is 0 Å². The van der Waals surface area contributed by atoms with Crippen LogP contribution >= 0.6 is 27.7 Å². The molecule has 0 radical (unpaired) electrons. The molecule has 1 unspecified atom stereocenters. The van der Waals surface area contributed by atoms with Crippen molar-refractivity contribution in [2.24, 2.45) is 5.84 Å². The highest BCUT2D eigenvalue weighted by Crippen LogP contribution is 2.29. The van der Waals surface area contributed by atoms with E-state index in [2.05, 4.69) is 21.4 Å². The molecule has 0 aliphatic rings. The Morgan fingerprint density at radius 2 is 2.00 bits per heavy atom. The van der Waals surface area contributed by atoms with Gasteiger partial charge in [0.1, 0.15) is 0 Å². The predicted molar refractivity (Wildman–Crippen MR) is 87.9 cm³/mol. The van der Waals surface area contributed by atoms with Crippen molar-refractivity contribution in [2.45, 2.75) is 10.9 Å². The van der Waals surface area contributed by atoms with Crippen LogP contribution in [0.2, 0.25) is 0 Å². The number of methoxy groups -OCH3 is 1. The van der Waals surface area contributed by atoms with E-state index < -0.39 is 0 Å². The Morgan fingerprint density at radius 3 is 2.62 bits per heavy atom. The molecule has 2 rings (SSSR count). The van der Waals surface area contributed by atoms with E-state index in [0.29, 0.717) is 11.3 Å². The fraction of sp³-hybridized carbons (Fsp3) is 0.200. The number of nitrogens with one attached hydrogen (secondary N) is 1. The molecule has 0 spiro atoms. The molecule has 0 aliphatic carbocycles. The summed E-state index contributed by atoms with van der Waals surface area (Å²) in [6, 6.07) is 12.7. The first-order valence-electron chi connectivity index (χ1n) is 6.32. The molecule has 0 aliphatic heterocycles. The second-order valence-electron chi connectivity index (χ2n) is 4.35. The molecule has 6 heteroatoms. The van der Waals surface area contributed by atoms with Crippen molar-refractivity contribution in [3.05, 3.63) is 58.3 Å². The minimum absolute atomic E-state index is 0.224.